The van der Waals surface area contributed by atoms with Gasteiger partial charge in [-0.15, -0.1) is 5.10 Å². The molecule has 1 aromatic heterocycles. The lowest BCUT2D eigenvalue weighted by atomic mass is 10.2. The van der Waals surface area contributed by atoms with Gasteiger partial charge in [0.15, 0.2) is 5.11 Å². The molecule has 1 aromatic carbocycles. The lowest BCUT2D eigenvalue weighted by Gasteiger charge is -2.27. The fraction of sp³-hybridized carbons (Fsp3) is 0.167. The molecule has 0 fully saturated rings. The summed E-state index contributed by atoms with van der Waals surface area (Å²) in [5.74, 6) is -0.410. The molecule has 24 heavy (non-hydrogen) atoms. The topological polar surface area (TPSA) is 83.9 Å². The monoisotopic (exact) mass is 518 g/mol. The van der Waals surface area contributed by atoms with Crippen molar-refractivity contribution in [2.24, 2.45) is 0 Å². The van der Waals surface area contributed by atoms with E-state index in [1.165, 1.54) is 17.4 Å². The maximum absolute atomic E-state index is 12.4. The third-order valence-electron chi connectivity index (χ3n) is 2.63. The summed E-state index contributed by atoms with van der Waals surface area (Å²) in [5.41, 5.74) is 3.14. The molecular formula is C12H10Cl3IN6OS. The minimum absolute atomic E-state index is 0.0832. The zero-order valence-corrected chi connectivity index (χ0v) is 17.0. The maximum Gasteiger partial charge on any atom is 0.254 e. The van der Waals surface area contributed by atoms with Crippen LogP contribution in [0, 0.1) is 3.57 Å². The van der Waals surface area contributed by atoms with Crippen LogP contribution in [0.4, 0.5) is 0 Å². The van der Waals surface area contributed by atoms with Crippen molar-refractivity contribution in [1.29, 1.82) is 0 Å². The fourth-order valence-electron chi connectivity index (χ4n) is 1.59. The molecule has 0 saturated carbocycles. The van der Waals surface area contributed by atoms with Crippen LogP contribution in [0.5, 0.6) is 0 Å². The highest BCUT2D eigenvalue weighted by Gasteiger charge is 2.35. The Morgan fingerprint density at radius 3 is 2.58 bits per heavy atom. The van der Waals surface area contributed by atoms with E-state index < -0.39 is 15.9 Å². The largest absolute Gasteiger partial charge is 0.338 e. The van der Waals surface area contributed by atoms with Gasteiger partial charge in [-0.1, -0.05) is 46.9 Å². The first kappa shape index (κ1) is 19.4. The first-order valence-corrected chi connectivity index (χ1v) is 8.93. The van der Waals surface area contributed by atoms with Crippen molar-refractivity contribution in [3.63, 3.8) is 0 Å². The molecule has 2 aromatic rings. The third-order valence-corrected chi connectivity index (χ3v) is 4.44. The van der Waals surface area contributed by atoms with E-state index in [0.29, 0.717) is 5.56 Å². The van der Waals surface area contributed by atoms with Crippen LogP contribution in [0.1, 0.15) is 10.4 Å². The summed E-state index contributed by atoms with van der Waals surface area (Å²) in [7, 11) is 0. The minimum Gasteiger partial charge on any atom is -0.338 e. The van der Waals surface area contributed by atoms with E-state index in [0.717, 1.165) is 3.57 Å². The molecule has 1 unspecified atom stereocenters. The van der Waals surface area contributed by atoms with Crippen molar-refractivity contribution in [1.82, 2.24) is 25.5 Å². The van der Waals surface area contributed by atoms with E-state index in [9.17, 15) is 4.79 Å². The van der Waals surface area contributed by atoms with Crippen molar-refractivity contribution in [3.8, 4) is 0 Å². The van der Waals surface area contributed by atoms with Crippen molar-refractivity contribution in [2.75, 3.05) is 5.43 Å². The van der Waals surface area contributed by atoms with Crippen molar-refractivity contribution in [2.45, 2.75) is 9.96 Å². The fourth-order valence-corrected chi connectivity index (χ4v) is 2.76. The molecule has 0 bridgehead atoms. The number of nitrogens with one attached hydrogen (secondary N) is 3. The van der Waals surface area contributed by atoms with Crippen LogP contribution in [0.15, 0.2) is 36.9 Å². The highest BCUT2D eigenvalue weighted by molar-refractivity contribution is 14.1. The molecule has 0 aliphatic heterocycles. The third kappa shape index (κ3) is 5.59. The van der Waals surface area contributed by atoms with Gasteiger partial charge in [-0.05, 0) is 46.9 Å². The quantitative estimate of drug-likeness (QED) is 0.249. The van der Waals surface area contributed by atoms with Gasteiger partial charge in [-0.25, -0.2) is 4.98 Å². The normalized spacial score (nSPS) is 12.3. The Balaban J connectivity index is 2.07. The van der Waals surface area contributed by atoms with Crippen LogP contribution in [0.2, 0.25) is 0 Å². The van der Waals surface area contributed by atoms with E-state index in [-0.39, 0.29) is 5.11 Å². The predicted octanol–water partition coefficient (Wildman–Crippen LogP) is 2.43. The molecule has 0 aliphatic carbocycles. The van der Waals surface area contributed by atoms with Crippen LogP contribution in [-0.4, -0.2) is 35.9 Å². The van der Waals surface area contributed by atoms with Gasteiger partial charge in [0.05, 0.1) is 5.56 Å². The van der Waals surface area contributed by atoms with Crippen molar-refractivity contribution < 1.29 is 4.79 Å². The van der Waals surface area contributed by atoms with Crippen LogP contribution >= 0.6 is 69.6 Å². The van der Waals surface area contributed by atoms with E-state index in [1.54, 1.807) is 18.2 Å². The first-order valence-electron chi connectivity index (χ1n) is 6.31. The number of nitrogens with zero attached hydrogens (tertiary/aromatic N) is 3. The van der Waals surface area contributed by atoms with Crippen molar-refractivity contribution in [3.05, 3.63) is 46.1 Å². The van der Waals surface area contributed by atoms with Crippen LogP contribution in [-0.2, 0) is 0 Å². The molecule has 3 N–H and O–H groups in total. The Morgan fingerprint density at radius 1 is 1.29 bits per heavy atom. The summed E-state index contributed by atoms with van der Waals surface area (Å²) in [5, 5.41) is 9.23. The molecule has 0 aliphatic rings. The Hall–Kier alpha value is -0.880. The standard InChI is InChI=1S/C12H10Cl3IN6OS/c13-12(14,15)10(20-11(24)21-22-6-17-5-18-22)19-9(23)7-3-1-2-4-8(7)16/h1-6,10H,(H,19,23)(H2,20,21,24). The number of benzene rings is 1. The molecule has 1 heterocycles. The number of rotatable bonds is 4. The van der Waals surface area contributed by atoms with Gasteiger partial charge in [-0.3, -0.25) is 10.2 Å². The number of aromatic nitrogens is 3. The summed E-state index contributed by atoms with van der Waals surface area (Å²) in [6.45, 7) is 0. The van der Waals surface area contributed by atoms with E-state index in [2.05, 4.69) is 26.1 Å². The SMILES string of the molecule is O=C(NC(NC(=S)Nn1cncn1)C(Cl)(Cl)Cl)c1ccccc1I. The van der Waals surface area contributed by atoms with Gasteiger partial charge in [-0.2, -0.15) is 4.79 Å². The summed E-state index contributed by atoms with van der Waals surface area (Å²) >= 11 is 24.9. The van der Waals surface area contributed by atoms with Crippen molar-refractivity contribution >= 4 is 80.6 Å². The molecule has 0 saturated heterocycles. The van der Waals surface area contributed by atoms with Gasteiger partial charge in [0.25, 0.3) is 5.91 Å². The molecule has 128 valence electrons. The lowest BCUT2D eigenvalue weighted by molar-refractivity contribution is 0.0933. The van der Waals surface area contributed by atoms with Gasteiger partial charge < -0.3 is 10.6 Å². The molecule has 12 heteroatoms. The summed E-state index contributed by atoms with van der Waals surface area (Å²) in [6.07, 6.45) is 1.64. The predicted molar refractivity (Wildman–Crippen MR) is 106 cm³/mol. The molecular weight excluding hydrogens is 510 g/mol. The number of amides is 1. The highest BCUT2D eigenvalue weighted by Crippen LogP contribution is 2.29. The summed E-state index contributed by atoms with van der Waals surface area (Å²) in [4.78, 5) is 17.4. The lowest BCUT2D eigenvalue weighted by Crippen LogP contribution is -2.57. The van der Waals surface area contributed by atoms with Crippen LogP contribution in [0.25, 0.3) is 0 Å². The number of hydrogen-bond acceptors (Lipinski definition) is 4. The van der Waals surface area contributed by atoms with E-state index >= 15 is 0 Å². The van der Waals surface area contributed by atoms with E-state index in [1.807, 2.05) is 28.7 Å². The average molecular weight is 520 g/mol. The highest BCUT2D eigenvalue weighted by atomic mass is 127. The van der Waals surface area contributed by atoms with Gasteiger partial charge in [0.1, 0.15) is 18.8 Å². The summed E-state index contributed by atoms with van der Waals surface area (Å²) < 4.78 is -1.08. The maximum atomic E-state index is 12.4. The number of alkyl halides is 3. The Labute approximate surface area is 171 Å². The zero-order chi connectivity index (χ0) is 17.7. The van der Waals surface area contributed by atoms with Crippen LogP contribution in [0.3, 0.4) is 0 Å². The first-order chi connectivity index (χ1) is 11.3. The van der Waals surface area contributed by atoms with Crippen LogP contribution < -0.4 is 16.1 Å². The minimum atomic E-state index is -1.84. The molecule has 0 spiro atoms. The van der Waals surface area contributed by atoms with E-state index in [4.69, 9.17) is 47.0 Å². The zero-order valence-electron chi connectivity index (χ0n) is 11.7. The molecule has 7 nitrogen and oxygen atoms in total. The van der Waals surface area contributed by atoms with Gasteiger partial charge in [0, 0.05) is 3.57 Å². The number of carbonyl (C=O) groups excluding carboxylic acids is 1. The number of carbonyl (C=O) groups is 1. The number of thiocarbonyl (C=S) groups is 1. The summed E-state index contributed by atoms with van der Waals surface area (Å²) in [6, 6.07) is 7.02. The molecule has 2 rings (SSSR count). The van der Waals surface area contributed by atoms with Gasteiger partial charge >= 0.3 is 0 Å². The second kappa shape index (κ2) is 8.48. The number of halogens is 4. The molecule has 1 atom stereocenters. The second-order valence-electron chi connectivity index (χ2n) is 4.35. The Morgan fingerprint density at radius 2 is 2.00 bits per heavy atom. The Kier molecular flexibility index (Phi) is 6.87. The second-order valence-corrected chi connectivity index (χ2v) is 8.29. The Bertz CT molecular complexity index is 724. The average Bonchev–Trinajstić information content (AvgIpc) is 2.98. The smallest absolute Gasteiger partial charge is 0.254 e. The number of hydrogen-bond donors (Lipinski definition) is 3. The molecule has 0 radical (unpaired) electrons. The molecule has 1 amide bonds. The van der Waals surface area contributed by atoms with Gasteiger partial charge in [0.2, 0.25) is 3.79 Å².